The van der Waals surface area contributed by atoms with E-state index in [1.54, 1.807) is 24.3 Å². The van der Waals surface area contributed by atoms with Crippen molar-refractivity contribution in [1.29, 1.82) is 0 Å². The quantitative estimate of drug-likeness (QED) is 0.247. The summed E-state index contributed by atoms with van der Waals surface area (Å²) < 4.78 is 63.0. The van der Waals surface area contributed by atoms with E-state index in [1.807, 2.05) is 6.07 Å². The minimum atomic E-state index is -1.70. The van der Waals surface area contributed by atoms with Crippen molar-refractivity contribution in [3.8, 4) is 0 Å². The number of rotatable bonds is 10. The third-order valence-electron chi connectivity index (χ3n) is 7.18. The van der Waals surface area contributed by atoms with Gasteiger partial charge >= 0.3 is 35.8 Å². The van der Waals surface area contributed by atoms with Gasteiger partial charge in [-0.1, -0.05) is 30.3 Å². The lowest BCUT2D eigenvalue weighted by Crippen LogP contribution is -2.67. The Kier molecular flexibility index (Phi) is 12.4. The summed E-state index contributed by atoms with van der Waals surface area (Å²) in [4.78, 5) is 73.0. The van der Waals surface area contributed by atoms with Crippen molar-refractivity contribution < 1.29 is 80.9 Å². The molecule has 7 unspecified atom stereocenters. The van der Waals surface area contributed by atoms with Gasteiger partial charge in [-0.25, -0.2) is 0 Å². The Morgan fingerprint density at radius 1 is 0.604 bits per heavy atom. The molecule has 4 rings (SSSR count). The summed E-state index contributed by atoms with van der Waals surface area (Å²) in [6.45, 7) is 6.00. The van der Waals surface area contributed by atoms with E-state index >= 15 is 0 Å². The summed E-state index contributed by atoms with van der Waals surface area (Å²) in [6.07, 6.45) is -14.9. The number of hydrogen-bond acceptors (Lipinski definition) is 17. The number of ether oxygens (including phenoxy) is 11. The summed E-state index contributed by atoms with van der Waals surface area (Å²) >= 11 is 0. The summed E-state index contributed by atoms with van der Waals surface area (Å²) in [5.41, 5.74) is 0.664. The van der Waals surface area contributed by atoms with Crippen LogP contribution < -0.4 is 0 Å². The van der Waals surface area contributed by atoms with Crippen LogP contribution in [0.1, 0.15) is 53.4 Å². The molecule has 3 saturated heterocycles. The minimum absolute atomic E-state index is 0.0901. The fourth-order valence-corrected chi connectivity index (χ4v) is 5.51. The number of carbonyl (C=O) groups is 6. The Balaban J connectivity index is 1.71. The van der Waals surface area contributed by atoms with Gasteiger partial charge < -0.3 is 52.1 Å². The Morgan fingerprint density at radius 3 is 1.67 bits per heavy atom. The number of fused-ring (bicyclic) bond motifs is 1. The Bertz CT molecular complexity index is 1330. The monoisotopic (exact) mass is 682 g/mol. The minimum Gasteiger partial charge on any atom is -0.463 e. The van der Waals surface area contributed by atoms with Crippen molar-refractivity contribution in [2.24, 2.45) is 0 Å². The molecule has 3 heterocycles. The first-order chi connectivity index (χ1) is 22.7. The summed E-state index contributed by atoms with van der Waals surface area (Å²) in [5, 5.41) is 0. The second-order valence-corrected chi connectivity index (χ2v) is 11.1. The molecule has 48 heavy (non-hydrogen) atoms. The molecule has 0 bridgehead atoms. The van der Waals surface area contributed by atoms with Gasteiger partial charge in [0.15, 0.2) is 36.8 Å². The number of hydrogen-bond donors (Lipinski definition) is 0. The normalized spacial score (nSPS) is 32.8. The smallest absolute Gasteiger partial charge is 0.303 e. The van der Waals surface area contributed by atoms with Crippen molar-refractivity contribution >= 4 is 35.8 Å². The molecule has 0 spiro atoms. The van der Waals surface area contributed by atoms with Crippen LogP contribution in [0, 0.1) is 0 Å². The first-order valence-electron chi connectivity index (χ1n) is 15.0. The lowest BCUT2D eigenvalue weighted by molar-refractivity contribution is -0.399. The Morgan fingerprint density at radius 2 is 1.10 bits per heavy atom. The zero-order valence-corrected chi connectivity index (χ0v) is 27.1. The molecule has 3 aliphatic heterocycles. The molecule has 17 nitrogen and oxygen atoms in total. The van der Waals surface area contributed by atoms with Gasteiger partial charge in [0.25, 0.3) is 0 Å². The third-order valence-corrected chi connectivity index (χ3v) is 7.18. The average Bonchev–Trinajstić information content (AvgIpc) is 3.00. The van der Waals surface area contributed by atoms with Crippen molar-refractivity contribution in [2.45, 2.75) is 109 Å². The van der Waals surface area contributed by atoms with Crippen LogP contribution in [0.15, 0.2) is 30.3 Å². The van der Waals surface area contributed by atoms with Crippen LogP contribution in [-0.2, 0) is 80.9 Å². The molecule has 0 N–H and O–H groups in total. The van der Waals surface area contributed by atoms with E-state index in [-0.39, 0.29) is 6.61 Å². The summed E-state index contributed by atoms with van der Waals surface area (Å²) in [7, 11) is 0. The predicted octanol–water partition coefficient (Wildman–Crippen LogP) is 0.789. The standard InChI is InChI=1S/C31H38O17/c1-14(32)38-12-21-23(40-15(2)33)25(41-16(3)34)27(43-18(5)36)30(45-21)48-31-28(44-19(6)37)26(42-17(4)35)24-22(46-31)13-39-29(47-24)20-10-8-7-9-11-20/h7-11,21-31H,12-13H2,1-6H3/t21?,22?,23-,24-,25?,26?,27?,28?,29?,30-,31-/m1/s1. The van der Waals surface area contributed by atoms with Gasteiger partial charge in [-0.3, -0.25) is 28.8 Å². The van der Waals surface area contributed by atoms with E-state index in [0.717, 1.165) is 41.5 Å². The van der Waals surface area contributed by atoms with Crippen LogP contribution in [0.3, 0.4) is 0 Å². The number of carbonyl (C=O) groups excluding carboxylic acids is 6. The molecule has 17 heteroatoms. The van der Waals surface area contributed by atoms with Crippen molar-refractivity contribution in [3.63, 3.8) is 0 Å². The fourth-order valence-electron chi connectivity index (χ4n) is 5.51. The molecule has 0 radical (unpaired) electrons. The molecular weight excluding hydrogens is 644 g/mol. The van der Waals surface area contributed by atoms with Gasteiger partial charge in [0, 0.05) is 47.1 Å². The molecular formula is C31H38O17. The van der Waals surface area contributed by atoms with Gasteiger partial charge in [0.1, 0.15) is 24.9 Å². The van der Waals surface area contributed by atoms with Crippen LogP contribution in [0.2, 0.25) is 0 Å². The molecule has 0 saturated carbocycles. The molecule has 264 valence electrons. The van der Waals surface area contributed by atoms with Crippen LogP contribution in [0.25, 0.3) is 0 Å². The molecule has 3 fully saturated rings. The van der Waals surface area contributed by atoms with Gasteiger partial charge in [-0.05, 0) is 0 Å². The highest BCUT2D eigenvalue weighted by molar-refractivity contribution is 5.69. The lowest BCUT2D eigenvalue weighted by Gasteiger charge is -2.50. The zero-order valence-electron chi connectivity index (χ0n) is 27.1. The van der Waals surface area contributed by atoms with Crippen LogP contribution in [0.5, 0.6) is 0 Å². The maximum atomic E-state index is 12.4. The van der Waals surface area contributed by atoms with Crippen LogP contribution in [-0.4, -0.2) is 110 Å². The van der Waals surface area contributed by atoms with Gasteiger partial charge in [-0.15, -0.1) is 0 Å². The van der Waals surface area contributed by atoms with E-state index < -0.39 is 110 Å². The SMILES string of the molecule is CC(=O)OCC1O[C@H](O[C@H]2OC3COC(c4ccccc4)O[C@H]3C(OC(C)=O)C2OC(C)=O)C(OC(C)=O)C(OC(C)=O)[C@@H]1OC(C)=O. The average molecular weight is 683 g/mol. The number of esters is 6. The first-order valence-corrected chi connectivity index (χ1v) is 15.0. The zero-order chi connectivity index (χ0) is 35.1. The lowest BCUT2D eigenvalue weighted by atomic mass is 9.96. The molecule has 1 aromatic carbocycles. The number of benzene rings is 1. The van der Waals surface area contributed by atoms with Gasteiger partial charge in [-0.2, -0.15) is 0 Å². The molecule has 0 aliphatic carbocycles. The molecule has 11 atom stereocenters. The fraction of sp³-hybridized carbons (Fsp3) is 0.613. The van der Waals surface area contributed by atoms with Crippen molar-refractivity contribution in [1.82, 2.24) is 0 Å². The van der Waals surface area contributed by atoms with Crippen molar-refractivity contribution in [3.05, 3.63) is 35.9 Å². The van der Waals surface area contributed by atoms with E-state index in [0.29, 0.717) is 5.56 Å². The highest BCUT2D eigenvalue weighted by atomic mass is 16.8. The Labute approximate surface area is 275 Å². The highest BCUT2D eigenvalue weighted by Crippen LogP contribution is 2.39. The van der Waals surface area contributed by atoms with Gasteiger partial charge in [0.2, 0.25) is 12.6 Å². The largest absolute Gasteiger partial charge is 0.463 e. The highest BCUT2D eigenvalue weighted by Gasteiger charge is 2.58. The van der Waals surface area contributed by atoms with E-state index in [9.17, 15) is 28.8 Å². The van der Waals surface area contributed by atoms with Crippen molar-refractivity contribution in [2.75, 3.05) is 13.2 Å². The maximum absolute atomic E-state index is 12.4. The summed E-state index contributed by atoms with van der Waals surface area (Å²) in [5.74, 6) is -4.79. The molecule has 3 aliphatic rings. The second kappa shape index (κ2) is 16.3. The summed E-state index contributed by atoms with van der Waals surface area (Å²) in [6, 6.07) is 8.93. The second-order valence-electron chi connectivity index (χ2n) is 11.1. The third kappa shape index (κ3) is 9.47. The predicted molar refractivity (Wildman–Crippen MR) is 153 cm³/mol. The molecule has 0 amide bonds. The van der Waals surface area contributed by atoms with E-state index in [4.69, 9.17) is 52.1 Å². The molecule has 1 aromatic rings. The first kappa shape index (κ1) is 36.7. The maximum Gasteiger partial charge on any atom is 0.303 e. The topological polar surface area (TPSA) is 204 Å². The van der Waals surface area contributed by atoms with Crippen LogP contribution >= 0.6 is 0 Å². The van der Waals surface area contributed by atoms with E-state index in [2.05, 4.69) is 0 Å². The molecule has 0 aromatic heterocycles. The van der Waals surface area contributed by atoms with Gasteiger partial charge in [0.05, 0.1) is 6.61 Å². The van der Waals surface area contributed by atoms with Crippen LogP contribution in [0.4, 0.5) is 0 Å². The van der Waals surface area contributed by atoms with E-state index in [1.165, 1.54) is 0 Å². The Hall–Kier alpha value is -4.16.